The molecule has 0 amide bonds. The Labute approximate surface area is 126 Å². The van der Waals surface area contributed by atoms with Gasteiger partial charge in [-0.15, -0.1) is 0 Å². The minimum absolute atomic E-state index is 0.285. The summed E-state index contributed by atoms with van der Waals surface area (Å²) in [5.41, 5.74) is 3.90. The second-order valence-electron chi connectivity index (χ2n) is 5.60. The van der Waals surface area contributed by atoms with E-state index in [0.717, 1.165) is 25.2 Å². The normalized spacial score (nSPS) is 16.1. The van der Waals surface area contributed by atoms with Gasteiger partial charge in [0.25, 0.3) is 0 Å². The highest BCUT2D eigenvalue weighted by Gasteiger charge is 2.17. The van der Waals surface area contributed by atoms with Crippen LogP contribution in [0.4, 0.5) is 0 Å². The van der Waals surface area contributed by atoms with Crippen LogP contribution in [0.25, 0.3) is 0 Å². The van der Waals surface area contributed by atoms with Crippen molar-refractivity contribution in [1.29, 1.82) is 0 Å². The zero-order valence-electron chi connectivity index (χ0n) is 12.7. The molecule has 3 rings (SSSR count). The van der Waals surface area contributed by atoms with E-state index in [9.17, 15) is 0 Å². The molecule has 0 saturated heterocycles. The molecule has 1 aliphatic rings. The third kappa shape index (κ3) is 3.08. The van der Waals surface area contributed by atoms with Gasteiger partial charge in [-0.2, -0.15) is 0 Å². The molecule has 1 aliphatic heterocycles. The van der Waals surface area contributed by atoms with Crippen molar-refractivity contribution in [2.45, 2.75) is 38.8 Å². The molecule has 0 aliphatic carbocycles. The quantitative estimate of drug-likeness (QED) is 0.905. The standard InChI is InChI=1S/C18H22N2O/c1-3-17(20-13(2)16-5-4-9-19-12-16)14-6-7-18-15(11-14)8-10-21-18/h4-7,9,11-13,17,20H,3,8,10H2,1-2H3/t13-,17?/m1/s1. The predicted octanol–water partition coefficient (Wildman–Crippen LogP) is 3.82. The van der Waals surface area contributed by atoms with Crippen molar-refractivity contribution in [1.82, 2.24) is 10.3 Å². The Morgan fingerprint density at radius 3 is 2.95 bits per heavy atom. The monoisotopic (exact) mass is 282 g/mol. The topological polar surface area (TPSA) is 34.2 Å². The highest BCUT2D eigenvalue weighted by molar-refractivity contribution is 5.40. The Bertz CT molecular complexity index is 597. The minimum atomic E-state index is 0.285. The van der Waals surface area contributed by atoms with Gasteiger partial charge >= 0.3 is 0 Å². The Morgan fingerprint density at radius 2 is 2.19 bits per heavy atom. The molecular formula is C18H22N2O. The van der Waals surface area contributed by atoms with E-state index in [-0.39, 0.29) is 6.04 Å². The lowest BCUT2D eigenvalue weighted by Gasteiger charge is -2.23. The van der Waals surface area contributed by atoms with Crippen LogP contribution in [-0.2, 0) is 6.42 Å². The summed E-state index contributed by atoms with van der Waals surface area (Å²) in [7, 11) is 0. The maximum absolute atomic E-state index is 5.59. The van der Waals surface area contributed by atoms with Crippen molar-refractivity contribution in [2.75, 3.05) is 6.61 Å². The third-order valence-electron chi connectivity index (χ3n) is 4.16. The number of fused-ring (bicyclic) bond motifs is 1. The van der Waals surface area contributed by atoms with Gasteiger partial charge in [0.05, 0.1) is 6.61 Å². The fourth-order valence-electron chi connectivity index (χ4n) is 2.90. The summed E-state index contributed by atoms with van der Waals surface area (Å²) in [6, 6.07) is 11.3. The zero-order valence-corrected chi connectivity index (χ0v) is 12.7. The lowest BCUT2D eigenvalue weighted by Crippen LogP contribution is -2.24. The number of rotatable bonds is 5. The van der Waals surface area contributed by atoms with Gasteiger partial charge in [0.2, 0.25) is 0 Å². The molecule has 0 fully saturated rings. The molecule has 2 atom stereocenters. The van der Waals surface area contributed by atoms with Crippen LogP contribution in [0.15, 0.2) is 42.7 Å². The van der Waals surface area contributed by atoms with Gasteiger partial charge < -0.3 is 10.1 Å². The van der Waals surface area contributed by atoms with Crippen LogP contribution in [0.3, 0.4) is 0 Å². The van der Waals surface area contributed by atoms with Gasteiger partial charge in [0.15, 0.2) is 0 Å². The molecule has 0 radical (unpaired) electrons. The van der Waals surface area contributed by atoms with Crippen molar-refractivity contribution in [3.63, 3.8) is 0 Å². The number of benzene rings is 1. The molecule has 1 N–H and O–H groups in total. The molecule has 3 heteroatoms. The molecule has 1 aromatic heterocycles. The molecule has 0 saturated carbocycles. The molecule has 2 heterocycles. The summed E-state index contributed by atoms with van der Waals surface area (Å²) in [5.74, 6) is 1.05. The maximum atomic E-state index is 5.59. The van der Waals surface area contributed by atoms with Crippen molar-refractivity contribution >= 4 is 0 Å². The van der Waals surface area contributed by atoms with Gasteiger partial charge in [-0.25, -0.2) is 0 Å². The Morgan fingerprint density at radius 1 is 1.29 bits per heavy atom. The van der Waals surface area contributed by atoms with Gasteiger partial charge in [0.1, 0.15) is 5.75 Å². The number of nitrogens with one attached hydrogen (secondary N) is 1. The second-order valence-corrected chi connectivity index (χ2v) is 5.60. The number of aromatic nitrogens is 1. The lowest BCUT2D eigenvalue weighted by molar-refractivity contribution is 0.356. The van der Waals surface area contributed by atoms with E-state index in [1.54, 1.807) is 0 Å². The van der Waals surface area contributed by atoms with Crippen LogP contribution in [0.2, 0.25) is 0 Å². The van der Waals surface area contributed by atoms with Crippen LogP contribution in [0.1, 0.15) is 49.0 Å². The first kappa shape index (κ1) is 14.1. The summed E-state index contributed by atoms with van der Waals surface area (Å²) >= 11 is 0. The van der Waals surface area contributed by atoms with Crippen molar-refractivity contribution in [3.05, 3.63) is 59.4 Å². The first-order valence-electron chi connectivity index (χ1n) is 7.69. The largest absolute Gasteiger partial charge is 0.493 e. The number of hydrogen-bond acceptors (Lipinski definition) is 3. The van der Waals surface area contributed by atoms with Crippen LogP contribution in [-0.4, -0.2) is 11.6 Å². The predicted molar refractivity (Wildman–Crippen MR) is 84.5 cm³/mol. The summed E-state index contributed by atoms with van der Waals surface area (Å²) in [4.78, 5) is 4.20. The Kier molecular flexibility index (Phi) is 4.20. The fourth-order valence-corrected chi connectivity index (χ4v) is 2.90. The SMILES string of the molecule is CCC(N[C@H](C)c1cccnc1)c1ccc2c(c1)CCO2. The molecule has 0 bridgehead atoms. The summed E-state index contributed by atoms with van der Waals surface area (Å²) in [6.45, 7) is 5.22. The number of ether oxygens (including phenoxy) is 1. The lowest BCUT2D eigenvalue weighted by atomic mass is 9.99. The fraction of sp³-hybridized carbons (Fsp3) is 0.389. The van der Waals surface area contributed by atoms with E-state index >= 15 is 0 Å². The highest BCUT2D eigenvalue weighted by Crippen LogP contribution is 2.30. The molecule has 21 heavy (non-hydrogen) atoms. The van der Waals surface area contributed by atoms with Crippen LogP contribution >= 0.6 is 0 Å². The molecule has 1 unspecified atom stereocenters. The van der Waals surface area contributed by atoms with Crippen molar-refractivity contribution in [2.24, 2.45) is 0 Å². The third-order valence-corrected chi connectivity index (χ3v) is 4.16. The van der Waals surface area contributed by atoms with Crippen LogP contribution < -0.4 is 10.1 Å². The number of pyridine rings is 1. The smallest absolute Gasteiger partial charge is 0.122 e. The van der Waals surface area contributed by atoms with E-state index in [1.165, 1.54) is 16.7 Å². The van der Waals surface area contributed by atoms with E-state index in [2.05, 4.69) is 48.4 Å². The van der Waals surface area contributed by atoms with Gasteiger partial charge in [0, 0.05) is 30.9 Å². The number of nitrogens with zero attached hydrogens (tertiary/aromatic N) is 1. The second kappa shape index (κ2) is 6.27. The average Bonchev–Trinajstić information content (AvgIpc) is 3.00. The van der Waals surface area contributed by atoms with Crippen LogP contribution in [0.5, 0.6) is 5.75 Å². The first-order chi connectivity index (χ1) is 10.3. The molecule has 3 nitrogen and oxygen atoms in total. The van der Waals surface area contributed by atoms with E-state index < -0.39 is 0 Å². The summed E-state index contributed by atoms with van der Waals surface area (Å²) in [6.07, 6.45) is 5.83. The Balaban J connectivity index is 1.76. The zero-order chi connectivity index (χ0) is 14.7. The number of hydrogen-bond donors (Lipinski definition) is 1. The van der Waals surface area contributed by atoms with E-state index in [4.69, 9.17) is 4.74 Å². The maximum Gasteiger partial charge on any atom is 0.122 e. The van der Waals surface area contributed by atoms with Crippen molar-refractivity contribution in [3.8, 4) is 5.75 Å². The summed E-state index contributed by atoms with van der Waals surface area (Å²) < 4.78 is 5.59. The summed E-state index contributed by atoms with van der Waals surface area (Å²) in [5, 5.41) is 3.71. The van der Waals surface area contributed by atoms with E-state index in [1.807, 2.05) is 18.5 Å². The van der Waals surface area contributed by atoms with Crippen LogP contribution in [0, 0.1) is 0 Å². The first-order valence-corrected chi connectivity index (χ1v) is 7.69. The highest BCUT2D eigenvalue weighted by atomic mass is 16.5. The van der Waals surface area contributed by atoms with E-state index in [0.29, 0.717) is 6.04 Å². The Hall–Kier alpha value is -1.87. The average molecular weight is 282 g/mol. The molecule has 110 valence electrons. The molecule has 2 aromatic rings. The minimum Gasteiger partial charge on any atom is -0.493 e. The van der Waals surface area contributed by atoms with Crippen molar-refractivity contribution < 1.29 is 4.74 Å². The molecular weight excluding hydrogens is 260 g/mol. The van der Waals surface area contributed by atoms with Gasteiger partial charge in [-0.1, -0.05) is 25.1 Å². The molecule has 0 spiro atoms. The molecule has 1 aromatic carbocycles. The van der Waals surface area contributed by atoms with Gasteiger partial charge in [-0.05, 0) is 42.2 Å². The van der Waals surface area contributed by atoms with Gasteiger partial charge in [-0.3, -0.25) is 4.98 Å².